The summed E-state index contributed by atoms with van der Waals surface area (Å²) in [6.07, 6.45) is -1.23. The van der Waals surface area contributed by atoms with Crippen LogP contribution in [0, 0.1) is 5.92 Å². The molecule has 136 valence electrons. The van der Waals surface area contributed by atoms with E-state index in [1.165, 1.54) is 17.2 Å². The largest absolute Gasteiger partial charge is 0.481 e. The molecule has 2 aromatic rings. The van der Waals surface area contributed by atoms with Crippen molar-refractivity contribution in [3.05, 3.63) is 12.7 Å². The first kappa shape index (κ1) is 17.9. The van der Waals surface area contributed by atoms with Gasteiger partial charge in [-0.05, 0) is 18.6 Å². The van der Waals surface area contributed by atoms with Gasteiger partial charge in [0.25, 0.3) is 0 Å². The Kier molecular flexibility index (Phi) is 5.08. The number of aliphatic hydroxyl groups is 2. The smallest absolute Gasteiger partial charge is 0.306 e. The van der Waals surface area contributed by atoms with Gasteiger partial charge in [0.1, 0.15) is 24.1 Å². The van der Waals surface area contributed by atoms with Crippen LogP contribution in [-0.4, -0.2) is 64.9 Å². The van der Waals surface area contributed by atoms with Crippen LogP contribution < -0.4 is 5.73 Å². The van der Waals surface area contributed by atoms with Gasteiger partial charge in [-0.15, -0.1) is 0 Å². The maximum Gasteiger partial charge on any atom is 0.306 e. The van der Waals surface area contributed by atoms with Crippen molar-refractivity contribution < 1.29 is 24.9 Å². The zero-order valence-corrected chi connectivity index (χ0v) is 14.0. The molecule has 1 aliphatic heterocycles. The van der Waals surface area contributed by atoms with Crippen LogP contribution in [0.15, 0.2) is 12.7 Å². The number of aliphatic hydroxyl groups excluding tert-OH is 2. The van der Waals surface area contributed by atoms with Crippen LogP contribution in [0.4, 0.5) is 5.82 Å². The molecule has 0 bridgehead atoms. The van der Waals surface area contributed by atoms with Crippen molar-refractivity contribution in [2.75, 3.05) is 11.5 Å². The summed E-state index contributed by atoms with van der Waals surface area (Å²) >= 11 is 4.05. The second kappa shape index (κ2) is 7.12. The summed E-state index contributed by atoms with van der Waals surface area (Å²) in [5.41, 5.74) is 6.45. The lowest BCUT2D eigenvalue weighted by Crippen LogP contribution is -2.33. The first-order chi connectivity index (χ1) is 11.9. The van der Waals surface area contributed by atoms with Crippen molar-refractivity contribution in [3.8, 4) is 0 Å². The highest BCUT2D eigenvalue weighted by molar-refractivity contribution is 7.80. The number of aromatic nitrogens is 4. The molecule has 2 aromatic heterocycles. The number of hydrogen-bond donors (Lipinski definition) is 5. The standard InChI is InChI=1S/C14H19N5O5S/c15-11-8-12(17-4-16-11)19(5-18-8)13-10(21)9(20)7(24-13)3-6(1-2-25)14(22)23/h4-7,9-10,13,20-21,25H,1-3H2,(H,22,23)(H2,15,16,17)/t6?,7-,9-,10-,13-/m1/s1. The van der Waals surface area contributed by atoms with Crippen molar-refractivity contribution in [3.63, 3.8) is 0 Å². The van der Waals surface area contributed by atoms with Gasteiger partial charge in [0.2, 0.25) is 0 Å². The van der Waals surface area contributed by atoms with E-state index in [-0.39, 0.29) is 12.2 Å². The van der Waals surface area contributed by atoms with Crippen molar-refractivity contribution in [1.29, 1.82) is 0 Å². The summed E-state index contributed by atoms with van der Waals surface area (Å²) in [6, 6.07) is 0. The number of carbonyl (C=O) groups is 1. The Morgan fingerprint density at radius 2 is 2.12 bits per heavy atom. The average Bonchev–Trinajstić information content (AvgIpc) is 3.11. The van der Waals surface area contributed by atoms with Crippen LogP contribution in [0.1, 0.15) is 19.1 Å². The van der Waals surface area contributed by atoms with Crippen molar-refractivity contribution >= 4 is 35.6 Å². The van der Waals surface area contributed by atoms with Gasteiger partial charge < -0.3 is 25.8 Å². The Hall–Kier alpha value is -1.95. The highest BCUT2D eigenvalue weighted by atomic mass is 32.1. The molecule has 10 nitrogen and oxygen atoms in total. The van der Waals surface area contributed by atoms with Gasteiger partial charge in [0.05, 0.1) is 18.3 Å². The van der Waals surface area contributed by atoms with Gasteiger partial charge in [-0.3, -0.25) is 9.36 Å². The molecule has 3 heterocycles. The van der Waals surface area contributed by atoms with Crippen LogP contribution in [0.2, 0.25) is 0 Å². The van der Waals surface area contributed by atoms with Gasteiger partial charge in [0, 0.05) is 0 Å². The first-order valence-corrected chi connectivity index (χ1v) is 8.35. The molecule has 0 amide bonds. The number of hydrogen-bond acceptors (Lipinski definition) is 9. The van der Waals surface area contributed by atoms with E-state index in [1.54, 1.807) is 0 Å². The van der Waals surface area contributed by atoms with E-state index in [0.29, 0.717) is 23.3 Å². The third-order valence-corrected chi connectivity index (χ3v) is 4.60. The fourth-order valence-electron chi connectivity index (χ4n) is 2.99. The number of nitrogens with zero attached hydrogens (tertiary/aromatic N) is 4. The zero-order chi connectivity index (χ0) is 18.1. The molecule has 25 heavy (non-hydrogen) atoms. The number of fused-ring (bicyclic) bond motifs is 1. The molecule has 1 saturated heterocycles. The monoisotopic (exact) mass is 369 g/mol. The van der Waals surface area contributed by atoms with E-state index >= 15 is 0 Å². The predicted molar refractivity (Wildman–Crippen MR) is 89.9 cm³/mol. The number of nitrogen functional groups attached to an aromatic ring is 1. The fourth-order valence-corrected chi connectivity index (χ4v) is 3.30. The molecule has 0 spiro atoms. The summed E-state index contributed by atoms with van der Waals surface area (Å²) in [4.78, 5) is 23.3. The van der Waals surface area contributed by atoms with E-state index in [9.17, 15) is 20.1 Å². The maximum absolute atomic E-state index is 11.3. The normalized spacial score (nSPS) is 27.6. The first-order valence-electron chi connectivity index (χ1n) is 7.72. The summed E-state index contributed by atoms with van der Waals surface area (Å²) in [5, 5.41) is 29.9. The molecule has 0 aromatic carbocycles. The van der Waals surface area contributed by atoms with E-state index in [4.69, 9.17) is 10.5 Å². The molecule has 0 aliphatic carbocycles. The Labute approximate surface area is 148 Å². The number of anilines is 1. The topological polar surface area (TPSA) is 157 Å². The van der Waals surface area contributed by atoms with Gasteiger partial charge in [0.15, 0.2) is 17.7 Å². The molecule has 5 N–H and O–H groups in total. The zero-order valence-electron chi connectivity index (χ0n) is 13.1. The van der Waals surface area contributed by atoms with Gasteiger partial charge in [-0.2, -0.15) is 12.6 Å². The number of carboxylic acid groups (broad SMARTS) is 1. The number of rotatable bonds is 6. The fraction of sp³-hybridized carbons (Fsp3) is 0.571. The molecule has 1 fully saturated rings. The number of nitrogens with two attached hydrogens (primary N) is 1. The third-order valence-electron chi connectivity index (χ3n) is 4.34. The molecule has 0 saturated carbocycles. The van der Waals surface area contributed by atoms with Crippen molar-refractivity contribution in [2.45, 2.75) is 37.4 Å². The van der Waals surface area contributed by atoms with E-state index in [1.807, 2.05) is 0 Å². The Bertz CT molecular complexity index is 771. The van der Waals surface area contributed by atoms with Crippen LogP contribution in [0.25, 0.3) is 11.2 Å². The number of carboxylic acids is 1. The third kappa shape index (κ3) is 3.27. The summed E-state index contributed by atoms with van der Waals surface area (Å²) in [5.74, 6) is -1.13. The molecular weight excluding hydrogens is 350 g/mol. The summed E-state index contributed by atoms with van der Waals surface area (Å²) in [7, 11) is 0. The van der Waals surface area contributed by atoms with E-state index in [0.717, 1.165) is 0 Å². The Balaban J connectivity index is 1.84. The number of imidazole rings is 1. The molecule has 11 heteroatoms. The van der Waals surface area contributed by atoms with E-state index in [2.05, 4.69) is 27.6 Å². The second-order valence-corrected chi connectivity index (χ2v) is 6.36. The molecule has 1 unspecified atom stereocenters. The second-order valence-electron chi connectivity index (χ2n) is 5.91. The van der Waals surface area contributed by atoms with Crippen LogP contribution in [0.3, 0.4) is 0 Å². The molecular formula is C14H19N5O5S. The lowest BCUT2D eigenvalue weighted by molar-refractivity contribution is -0.144. The molecule has 5 atom stereocenters. The highest BCUT2D eigenvalue weighted by Crippen LogP contribution is 2.35. The highest BCUT2D eigenvalue weighted by Gasteiger charge is 2.45. The van der Waals surface area contributed by atoms with Crippen LogP contribution in [0.5, 0.6) is 0 Å². The number of ether oxygens (including phenoxy) is 1. The summed E-state index contributed by atoms with van der Waals surface area (Å²) in [6.45, 7) is 0. The number of aliphatic carboxylic acids is 1. The van der Waals surface area contributed by atoms with Crippen LogP contribution in [-0.2, 0) is 9.53 Å². The average molecular weight is 369 g/mol. The van der Waals surface area contributed by atoms with Crippen molar-refractivity contribution in [1.82, 2.24) is 19.5 Å². The van der Waals surface area contributed by atoms with Gasteiger partial charge in [-0.1, -0.05) is 0 Å². The Morgan fingerprint density at radius 1 is 1.36 bits per heavy atom. The van der Waals surface area contributed by atoms with Gasteiger partial charge >= 0.3 is 5.97 Å². The van der Waals surface area contributed by atoms with Crippen LogP contribution >= 0.6 is 12.6 Å². The predicted octanol–water partition coefficient (Wildman–Crippen LogP) is -0.562. The molecule has 3 rings (SSSR count). The number of thiol groups is 1. The van der Waals surface area contributed by atoms with E-state index < -0.39 is 36.4 Å². The van der Waals surface area contributed by atoms with Gasteiger partial charge in [-0.25, -0.2) is 15.0 Å². The minimum atomic E-state index is -1.26. The summed E-state index contributed by atoms with van der Waals surface area (Å²) < 4.78 is 7.19. The molecule has 0 radical (unpaired) electrons. The SMILES string of the molecule is Nc1ncnc2c1ncn2[C@@H]1O[C@H](CC(CCS)C(=O)O)[C@@H](O)[C@H]1O. The lowest BCUT2D eigenvalue weighted by atomic mass is 9.95. The quantitative estimate of drug-likeness (QED) is 0.421. The minimum Gasteiger partial charge on any atom is -0.481 e. The lowest BCUT2D eigenvalue weighted by Gasteiger charge is -2.19. The maximum atomic E-state index is 11.3. The molecule has 1 aliphatic rings. The Morgan fingerprint density at radius 3 is 2.80 bits per heavy atom. The minimum absolute atomic E-state index is 0.0639. The van der Waals surface area contributed by atoms with Crippen molar-refractivity contribution in [2.24, 2.45) is 5.92 Å².